The van der Waals surface area contributed by atoms with E-state index in [1.807, 2.05) is 34.6 Å². The van der Waals surface area contributed by atoms with Crippen LogP contribution in [0.2, 0.25) is 0 Å². The van der Waals surface area contributed by atoms with Crippen molar-refractivity contribution in [1.82, 2.24) is 26.2 Å². The van der Waals surface area contributed by atoms with Gasteiger partial charge in [0.2, 0.25) is 36.2 Å². The Labute approximate surface area is 327 Å². The van der Waals surface area contributed by atoms with E-state index in [2.05, 4.69) is 21.3 Å². The van der Waals surface area contributed by atoms with E-state index in [1.54, 1.807) is 19.1 Å². The lowest BCUT2D eigenvalue weighted by Gasteiger charge is -2.34. The Hall–Kier alpha value is -4.93. The molecule has 2 fully saturated rings. The van der Waals surface area contributed by atoms with Crippen molar-refractivity contribution in [1.29, 1.82) is 0 Å². The van der Waals surface area contributed by atoms with E-state index in [1.165, 1.54) is 11.0 Å². The number of hydrogen-bond acceptors (Lipinski definition) is 11. The largest absolute Gasteiger partial charge is 0.454 e. The number of primary amides is 1. The van der Waals surface area contributed by atoms with Gasteiger partial charge in [0.25, 0.3) is 5.91 Å². The number of nitrogens with zero attached hydrogens (tertiary/aromatic N) is 1. The third-order valence-corrected chi connectivity index (χ3v) is 9.75. The van der Waals surface area contributed by atoms with Crippen molar-refractivity contribution >= 4 is 41.4 Å². The fourth-order valence-corrected chi connectivity index (χ4v) is 7.24. The molecule has 5 atom stereocenters. The van der Waals surface area contributed by atoms with E-state index >= 15 is 0 Å². The van der Waals surface area contributed by atoms with Crippen LogP contribution in [0.15, 0.2) is 18.2 Å². The number of nitrogens with two attached hydrogens (primary N) is 1. The van der Waals surface area contributed by atoms with Gasteiger partial charge in [0, 0.05) is 18.5 Å². The Kier molecular flexibility index (Phi) is 15.5. The second-order valence-corrected chi connectivity index (χ2v) is 16.0. The summed E-state index contributed by atoms with van der Waals surface area (Å²) in [5.41, 5.74) is 5.22. The van der Waals surface area contributed by atoms with Crippen LogP contribution in [-0.2, 0) is 38.2 Å². The number of hydrogen-bond donors (Lipinski definition) is 5. The van der Waals surface area contributed by atoms with Gasteiger partial charge in [-0.2, -0.15) is 0 Å². The Morgan fingerprint density at radius 2 is 1.70 bits per heavy atom. The molecule has 17 heteroatoms. The number of nitrogens with one attached hydrogen (secondary N) is 4. The first-order valence-electron chi connectivity index (χ1n) is 19.5. The van der Waals surface area contributed by atoms with Crippen molar-refractivity contribution in [2.24, 2.45) is 17.6 Å². The van der Waals surface area contributed by atoms with Crippen molar-refractivity contribution < 1.29 is 52.5 Å². The number of amides is 6. The van der Waals surface area contributed by atoms with Crippen LogP contribution in [0.5, 0.6) is 11.5 Å². The average molecular weight is 787 g/mol. The molecule has 17 nitrogen and oxygen atoms in total. The lowest BCUT2D eigenvalue weighted by Crippen LogP contribution is -2.58. The number of likely N-dealkylation sites (tertiary alicyclic amines) is 1. The summed E-state index contributed by atoms with van der Waals surface area (Å²) in [4.78, 5) is 94.5. The first-order chi connectivity index (χ1) is 26.5. The minimum Gasteiger partial charge on any atom is -0.454 e. The summed E-state index contributed by atoms with van der Waals surface area (Å²) in [5, 5.41) is 10.2. The third-order valence-electron chi connectivity index (χ3n) is 9.75. The summed E-state index contributed by atoms with van der Waals surface area (Å²) in [6.07, 6.45) is 3.62. The van der Waals surface area contributed by atoms with Gasteiger partial charge in [-0.05, 0) is 57.9 Å². The number of carbonyl (C=O) groups excluding carboxylic acids is 7. The van der Waals surface area contributed by atoms with Crippen LogP contribution < -0.4 is 36.5 Å². The lowest BCUT2D eigenvalue weighted by atomic mass is 9.83. The van der Waals surface area contributed by atoms with Gasteiger partial charge < -0.3 is 50.8 Å². The molecule has 1 aromatic rings. The molecule has 1 saturated heterocycles. The predicted molar refractivity (Wildman–Crippen MR) is 202 cm³/mol. The van der Waals surface area contributed by atoms with Gasteiger partial charge >= 0.3 is 6.09 Å². The van der Waals surface area contributed by atoms with Crippen molar-refractivity contribution in [2.75, 3.05) is 26.5 Å². The number of carbonyl (C=O) groups is 7. The van der Waals surface area contributed by atoms with Crippen LogP contribution in [-0.4, -0.2) is 103 Å². The number of alkyl carbamates (subject to hydrolysis) is 1. The SMILES string of the molecule is CCCC(NC(=O)[C@@H]1C[C@@H](OC(C)(C)C)CN1C(=O)[C@@H](NC(=O)OCC(C)C)C1CCCCC1)C(=O)C(=O)NCC(=O)NC(C(N)=O)c1cccc2c1OCO2. The number of rotatable bonds is 17. The molecule has 2 aliphatic heterocycles. The summed E-state index contributed by atoms with van der Waals surface area (Å²) >= 11 is 0. The number of ether oxygens (including phenoxy) is 4. The Morgan fingerprint density at radius 3 is 2.34 bits per heavy atom. The molecule has 0 radical (unpaired) electrons. The van der Waals surface area contributed by atoms with Crippen LogP contribution >= 0.6 is 0 Å². The highest BCUT2D eigenvalue weighted by molar-refractivity contribution is 6.38. The van der Waals surface area contributed by atoms with Crippen LogP contribution in [0.1, 0.15) is 105 Å². The lowest BCUT2D eigenvalue weighted by molar-refractivity contribution is -0.143. The zero-order valence-electron chi connectivity index (χ0n) is 33.3. The van der Waals surface area contributed by atoms with Gasteiger partial charge in [-0.15, -0.1) is 0 Å². The van der Waals surface area contributed by atoms with Crippen molar-refractivity contribution in [3.8, 4) is 11.5 Å². The highest BCUT2D eigenvalue weighted by atomic mass is 16.7. The smallest absolute Gasteiger partial charge is 0.407 e. The van der Waals surface area contributed by atoms with Crippen molar-refractivity contribution in [3.63, 3.8) is 0 Å². The maximum absolute atomic E-state index is 14.4. The molecule has 0 spiro atoms. The summed E-state index contributed by atoms with van der Waals surface area (Å²) in [5.74, 6) is -4.42. The third kappa shape index (κ3) is 12.0. The summed E-state index contributed by atoms with van der Waals surface area (Å²) in [6.45, 7) is 10.7. The van der Waals surface area contributed by atoms with E-state index in [0.29, 0.717) is 25.0 Å². The fraction of sp³-hybridized carbons (Fsp3) is 0.667. The molecule has 1 aromatic carbocycles. The maximum Gasteiger partial charge on any atom is 0.407 e. The Bertz CT molecular complexity index is 1610. The number of Topliss-reactive ketones (excluding diaryl/α,β-unsaturated/α-hetero) is 1. The molecule has 6 amide bonds. The molecule has 2 heterocycles. The van der Waals surface area contributed by atoms with Gasteiger partial charge in [-0.25, -0.2) is 4.79 Å². The van der Waals surface area contributed by atoms with Gasteiger partial charge in [-0.1, -0.05) is 58.6 Å². The van der Waals surface area contributed by atoms with Gasteiger partial charge in [0.05, 0.1) is 30.9 Å². The quantitative estimate of drug-likeness (QED) is 0.144. The minimum atomic E-state index is -1.32. The molecular weight excluding hydrogens is 728 g/mol. The number of para-hydroxylation sites is 1. The van der Waals surface area contributed by atoms with E-state index in [0.717, 1.165) is 19.3 Å². The molecule has 0 aromatic heterocycles. The predicted octanol–water partition coefficient (Wildman–Crippen LogP) is 2.14. The summed E-state index contributed by atoms with van der Waals surface area (Å²) in [7, 11) is 0. The number of ketones is 1. The minimum absolute atomic E-state index is 0.0688. The van der Waals surface area contributed by atoms with Crippen LogP contribution in [0, 0.1) is 11.8 Å². The molecule has 2 unspecified atom stereocenters. The van der Waals surface area contributed by atoms with Gasteiger partial charge in [0.15, 0.2) is 11.5 Å². The molecule has 0 bridgehead atoms. The topological polar surface area (TPSA) is 234 Å². The maximum atomic E-state index is 14.4. The zero-order chi connectivity index (χ0) is 41.2. The molecule has 56 heavy (non-hydrogen) atoms. The first-order valence-corrected chi connectivity index (χ1v) is 19.5. The molecule has 4 rings (SSSR count). The van der Waals surface area contributed by atoms with Crippen LogP contribution in [0.3, 0.4) is 0 Å². The van der Waals surface area contributed by atoms with E-state index in [-0.39, 0.29) is 55.9 Å². The molecule has 3 aliphatic rings. The Morgan fingerprint density at radius 1 is 0.982 bits per heavy atom. The van der Waals surface area contributed by atoms with Gasteiger partial charge in [-0.3, -0.25) is 28.8 Å². The normalized spacial score (nSPS) is 19.7. The summed E-state index contributed by atoms with van der Waals surface area (Å²) < 4.78 is 22.3. The van der Waals surface area contributed by atoms with E-state index in [4.69, 9.17) is 24.7 Å². The number of benzene rings is 1. The van der Waals surface area contributed by atoms with E-state index in [9.17, 15) is 33.6 Å². The number of fused-ring (bicyclic) bond motifs is 1. The first kappa shape index (κ1) is 43.8. The monoisotopic (exact) mass is 786 g/mol. The highest BCUT2D eigenvalue weighted by Crippen LogP contribution is 2.38. The van der Waals surface area contributed by atoms with E-state index < -0.39 is 83.8 Å². The van der Waals surface area contributed by atoms with Crippen molar-refractivity contribution in [3.05, 3.63) is 23.8 Å². The average Bonchev–Trinajstić information content (AvgIpc) is 3.80. The molecule has 310 valence electrons. The molecular formula is C39H58N6O11. The second kappa shape index (κ2) is 19.8. The summed E-state index contributed by atoms with van der Waals surface area (Å²) in [6, 6.07) is 0.146. The Balaban J connectivity index is 1.46. The molecule has 1 saturated carbocycles. The standard InChI is InChI=1S/C39H58N6O11/c1-7-12-26(32(47)36(50)41-18-29(46)43-31(34(40)48)25-15-11-16-28-33(25)55-21-54-28)42-35(49)27-17-24(56-39(4,5)6)19-45(27)37(51)30(23-13-9-8-10-14-23)44-38(52)53-20-22(2)3/h11,15-16,22-24,26-27,30-31H,7-10,12-14,17-21H2,1-6H3,(H2,40,48)(H,41,50)(H,42,49)(H,43,46)(H,44,52)/t24-,26?,27+,30+,31?/m1/s1. The van der Waals surface area contributed by atoms with Crippen LogP contribution in [0.25, 0.3) is 0 Å². The fourth-order valence-electron chi connectivity index (χ4n) is 7.24. The highest BCUT2D eigenvalue weighted by Gasteiger charge is 2.46. The van der Waals surface area contributed by atoms with Crippen LogP contribution in [0.4, 0.5) is 4.79 Å². The van der Waals surface area contributed by atoms with Crippen molar-refractivity contribution in [2.45, 2.75) is 129 Å². The molecule has 6 N–H and O–H groups in total. The zero-order valence-corrected chi connectivity index (χ0v) is 33.3. The molecule has 1 aliphatic carbocycles. The second-order valence-electron chi connectivity index (χ2n) is 16.0. The van der Waals surface area contributed by atoms with Gasteiger partial charge in [0.1, 0.15) is 18.1 Å².